The van der Waals surface area contributed by atoms with Gasteiger partial charge in [0.2, 0.25) is 5.75 Å². The minimum absolute atomic E-state index is 0.0523. The van der Waals surface area contributed by atoms with Crippen LogP contribution in [0.3, 0.4) is 0 Å². The number of aromatic hydroxyl groups is 2. The van der Waals surface area contributed by atoms with E-state index in [1.807, 2.05) is 42.5 Å². The number of hydrogen-bond donors (Lipinski definition) is 3. The van der Waals surface area contributed by atoms with Gasteiger partial charge in [-0.05, 0) is 11.6 Å². The molecule has 3 rings (SSSR count). The lowest BCUT2D eigenvalue weighted by molar-refractivity contribution is 0.0937. The van der Waals surface area contributed by atoms with Gasteiger partial charge in [-0.25, -0.2) is 4.98 Å². The van der Waals surface area contributed by atoms with E-state index in [2.05, 4.69) is 15.3 Å². The molecule has 0 aliphatic carbocycles. The SMILES string of the molecule is COc1ccccc1CNC(=O)c1nc(C(OC)c2ccccc2)nc(O)c1O. The lowest BCUT2D eigenvalue weighted by atomic mass is 10.1. The Morgan fingerprint density at radius 2 is 1.72 bits per heavy atom. The average molecular weight is 395 g/mol. The molecule has 1 unspecified atom stereocenters. The Kier molecular flexibility index (Phi) is 6.25. The first-order valence-corrected chi connectivity index (χ1v) is 8.82. The number of carbonyl (C=O) groups excluding carboxylic acids is 1. The molecule has 3 N–H and O–H groups in total. The van der Waals surface area contributed by atoms with E-state index in [9.17, 15) is 15.0 Å². The van der Waals surface area contributed by atoms with E-state index in [1.54, 1.807) is 12.1 Å². The van der Waals surface area contributed by atoms with E-state index >= 15 is 0 Å². The van der Waals surface area contributed by atoms with E-state index in [0.717, 1.165) is 11.1 Å². The summed E-state index contributed by atoms with van der Waals surface area (Å²) in [6, 6.07) is 16.3. The molecule has 0 saturated carbocycles. The zero-order valence-electron chi connectivity index (χ0n) is 16.0. The molecule has 0 fully saturated rings. The predicted octanol–water partition coefficient (Wildman–Crippen LogP) is 2.56. The molecule has 0 radical (unpaired) electrons. The smallest absolute Gasteiger partial charge is 0.274 e. The normalized spacial score (nSPS) is 11.7. The van der Waals surface area contributed by atoms with Crippen LogP contribution < -0.4 is 10.1 Å². The molecule has 0 spiro atoms. The molecular formula is C21H21N3O5. The summed E-state index contributed by atoms with van der Waals surface area (Å²) in [6.07, 6.45) is -0.719. The number of rotatable bonds is 7. The number of nitrogens with one attached hydrogen (secondary N) is 1. The van der Waals surface area contributed by atoms with Gasteiger partial charge < -0.3 is 25.0 Å². The Hall–Kier alpha value is -3.65. The highest BCUT2D eigenvalue weighted by molar-refractivity contribution is 5.95. The second-order valence-electron chi connectivity index (χ2n) is 6.12. The zero-order chi connectivity index (χ0) is 20.8. The van der Waals surface area contributed by atoms with E-state index in [-0.39, 0.29) is 18.1 Å². The van der Waals surface area contributed by atoms with Crippen LogP contribution in [0.2, 0.25) is 0 Å². The van der Waals surface area contributed by atoms with Crippen LogP contribution in [0, 0.1) is 0 Å². The highest BCUT2D eigenvalue weighted by Crippen LogP contribution is 2.30. The quantitative estimate of drug-likeness (QED) is 0.563. The van der Waals surface area contributed by atoms with Crippen LogP contribution in [0.5, 0.6) is 17.4 Å². The number of ether oxygens (including phenoxy) is 2. The number of nitrogens with zero attached hydrogens (tertiary/aromatic N) is 2. The fourth-order valence-electron chi connectivity index (χ4n) is 2.86. The van der Waals surface area contributed by atoms with Gasteiger partial charge in [-0.1, -0.05) is 48.5 Å². The lowest BCUT2D eigenvalue weighted by Crippen LogP contribution is -2.25. The second kappa shape index (κ2) is 9.03. The van der Waals surface area contributed by atoms with E-state index in [1.165, 1.54) is 14.2 Å². The van der Waals surface area contributed by atoms with Gasteiger partial charge in [0.1, 0.15) is 11.9 Å². The third-order valence-electron chi connectivity index (χ3n) is 4.30. The largest absolute Gasteiger partial charge is 0.501 e. The van der Waals surface area contributed by atoms with Crippen LogP contribution in [0.4, 0.5) is 0 Å². The Morgan fingerprint density at radius 1 is 1.03 bits per heavy atom. The van der Waals surface area contributed by atoms with Gasteiger partial charge in [-0.15, -0.1) is 0 Å². The molecule has 29 heavy (non-hydrogen) atoms. The van der Waals surface area contributed by atoms with Gasteiger partial charge in [0, 0.05) is 19.2 Å². The van der Waals surface area contributed by atoms with Crippen molar-refractivity contribution < 1.29 is 24.5 Å². The van der Waals surface area contributed by atoms with Crippen molar-refractivity contribution in [2.24, 2.45) is 0 Å². The predicted molar refractivity (Wildman–Crippen MR) is 105 cm³/mol. The summed E-state index contributed by atoms with van der Waals surface area (Å²) in [4.78, 5) is 20.7. The van der Waals surface area contributed by atoms with Crippen molar-refractivity contribution in [2.45, 2.75) is 12.6 Å². The molecule has 2 aromatic carbocycles. The van der Waals surface area contributed by atoms with E-state index in [4.69, 9.17) is 9.47 Å². The van der Waals surface area contributed by atoms with Crippen LogP contribution in [-0.4, -0.2) is 40.3 Å². The maximum absolute atomic E-state index is 12.6. The van der Waals surface area contributed by atoms with Crippen molar-refractivity contribution in [3.63, 3.8) is 0 Å². The van der Waals surface area contributed by atoms with Crippen LogP contribution >= 0.6 is 0 Å². The van der Waals surface area contributed by atoms with Crippen molar-refractivity contribution in [3.05, 3.63) is 77.2 Å². The molecule has 8 heteroatoms. The van der Waals surface area contributed by atoms with E-state index in [0.29, 0.717) is 5.75 Å². The van der Waals surface area contributed by atoms with Crippen molar-refractivity contribution in [3.8, 4) is 17.4 Å². The van der Waals surface area contributed by atoms with Crippen LogP contribution in [0.25, 0.3) is 0 Å². The molecule has 8 nitrogen and oxygen atoms in total. The molecule has 1 atom stereocenters. The summed E-state index contributed by atoms with van der Waals surface area (Å²) < 4.78 is 10.7. The number of amides is 1. The fourth-order valence-corrected chi connectivity index (χ4v) is 2.86. The van der Waals surface area contributed by atoms with Crippen molar-refractivity contribution in [1.29, 1.82) is 0 Å². The number of aromatic nitrogens is 2. The third kappa shape index (κ3) is 4.44. The number of para-hydroxylation sites is 1. The Morgan fingerprint density at radius 3 is 2.41 bits per heavy atom. The number of benzene rings is 2. The van der Waals surface area contributed by atoms with Gasteiger partial charge in [-0.3, -0.25) is 4.79 Å². The Bertz CT molecular complexity index is 995. The average Bonchev–Trinajstić information content (AvgIpc) is 2.75. The van der Waals surface area contributed by atoms with Crippen molar-refractivity contribution in [1.82, 2.24) is 15.3 Å². The lowest BCUT2D eigenvalue weighted by Gasteiger charge is -2.16. The molecule has 0 saturated heterocycles. The summed E-state index contributed by atoms with van der Waals surface area (Å²) >= 11 is 0. The summed E-state index contributed by atoms with van der Waals surface area (Å²) in [5, 5.41) is 22.8. The highest BCUT2D eigenvalue weighted by Gasteiger charge is 2.24. The number of methoxy groups -OCH3 is 2. The minimum atomic E-state index is -0.719. The zero-order valence-corrected chi connectivity index (χ0v) is 16.0. The topological polar surface area (TPSA) is 114 Å². The summed E-state index contributed by atoms with van der Waals surface area (Å²) in [5.74, 6) is -1.40. The monoisotopic (exact) mass is 395 g/mol. The molecule has 0 bridgehead atoms. The van der Waals surface area contributed by atoms with Crippen LogP contribution in [0.1, 0.15) is 33.5 Å². The fraction of sp³-hybridized carbons (Fsp3) is 0.190. The number of carbonyl (C=O) groups is 1. The second-order valence-corrected chi connectivity index (χ2v) is 6.12. The first-order chi connectivity index (χ1) is 14.0. The Labute approximate surface area is 167 Å². The van der Waals surface area contributed by atoms with Gasteiger partial charge in [0.05, 0.1) is 7.11 Å². The molecule has 1 heterocycles. The first-order valence-electron chi connectivity index (χ1n) is 8.82. The Balaban J connectivity index is 1.88. The standard InChI is InChI=1S/C21H21N3O5/c1-28-15-11-7-6-10-14(15)12-22-20(26)16-17(25)21(27)24-19(23-16)18(29-2)13-8-4-3-5-9-13/h3-11,18,25H,12H2,1-2H3,(H,22,26)(H,23,24,27). The van der Waals surface area contributed by atoms with Crippen molar-refractivity contribution in [2.75, 3.05) is 14.2 Å². The molecular weight excluding hydrogens is 374 g/mol. The third-order valence-corrected chi connectivity index (χ3v) is 4.30. The maximum Gasteiger partial charge on any atom is 0.274 e. The van der Waals surface area contributed by atoms with Gasteiger partial charge in [0.15, 0.2) is 11.5 Å². The maximum atomic E-state index is 12.6. The molecule has 1 amide bonds. The molecule has 1 aromatic heterocycles. The molecule has 0 aliphatic heterocycles. The molecule has 0 aliphatic rings. The highest BCUT2D eigenvalue weighted by atomic mass is 16.5. The first kappa shape index (κ1) is 20.1. The molecule has 3 aromatic rings. The summed E-state index contributed by atoms with van der Waals surface area (Å²) in [6.45, 7) is 0.148. The van der Waals surface area contributed by atoms with Crippen LogP contribution in [-0.2, 0) is 11.3 Å². The minimum Gasteiger partial charge on any atom is -0.501 e. The molecule has 150 valence electrons. The van der Waals surface area contributed by atoms with Gasteiger partial charge >= 0.3 is 0 Å². The van der Waals surface area contributed by atoms with Crippen LogP contribution in [0.15, 0.2) is 54.6 Å². The van der Waals surface area contributed by atoms with Gasteiger partial charge in [-0.2, -0.15) is 4.98 Å². The number of hydrogen-bond acceptors (Lipinski definition) is 7. The van der Waals surface area contributed by atoms with Gasteiger partial charge in [0.25, 0.3) is 11.8 Å². The van der Waals surface area contributed by atoms with Crippen molar-refractivity contribution >= 4 is 5.91 Å². The van der Waals surface area contributed by atoms with E-state index < -0.39 is 23.6 Å². The summed E-state index contributed by atoms with van der Waals surface area (Å²) in [7, 11) is 3.00. The summed E-state index contributed by atoms with van der Waals surface area (Å²) in [5.41, 5.74) is 1.14.